The van der Waals surface area contributed by atoms with Crippen molar-refractivity contribution < 1.29 is 4.74 Å². The monoisotopic (exact) mass is 386 g/mol. The normalized spacial score (nSPS) is 21.7. The van der Waals surface area contributed by atoms with E-state index in [1.54, 1.807) is 0 Å². The maximum absolute atomic E-state index is 6.05. The van der Waals surface area contributed by atoms with Gasteiger partial charge in [-0.2, -0.15) is 0 Å². The first-order valence-corrected chi connectivity index (χ1v) is 10.5. The highest BCUT2D eigenvalue weighted by Gasteiger charge is 2.38. The molecule has 2 unspecified atom stereocenters. The fourth-order valence-corrected chi connectivity index (χ4v) is 4.24. The third kappa shape index (κ3) is 5.25. The average molecular weight is 387 g/mol. The summed E-state index contributed by atoms with van der Waals surface area (Å²) in [4.78, 5) is 2.59. The van der Waals surface area contributed by atoms with Crippen LogP contribution in [0.4, 0.5) is 0 Å². The zero-order chi connectivity index (χ0) is 19.1. The molecule has 0 bridgehead atoms. The second-order valence-corrected chi connectivity index (χ2v) is 7.84. The van der Waals surface area contributed by atoms with Gasteiger partial charge in [0.2, 0.25) is 0 Å². The minimum atomic E-state index is 0.0251. The summed E-state index contributed by atoms with van der Waals surface area (Å²) in [5.74, 6) is 0.944. The van der Waals surface area contributed by atoms with E-state index in [9.17, 15) is 0 Å². The van der Waals surface area contributed by atoms with Crippen LogP contribution in [0.3, 0.4) is 0 Å². The number of likely N-dealkylation sites (tertiary alicyclic amines) is 1. The molecule has 0 amide bonds. The summed E-state index contributed by atoms with van der Waals surface area (Å²) in [6.07, 6.45) is 4.78. The van der Waals surface area contributed by atoms with Crippen molar-refractivity contribution in [3.63, 3.8) is 0 Å². The van der Waals surface area contributed by atoms with E-state index in [0.717, 1.165) is 30.3 Å². The molecule has 4 heteroatoms. The molecular weight excluding hydrogens is 356 g/mol. The van der Waals surface area contributed by atoms with Crippen LogP contribution in [0.5, 0.6) is 5.75 Å². The lowest BCUT2D eigenvalue weighted by Gasteiger charge is -2.49. The van der Waals surface area contributed by atoms with Crippen LogP contribution in [0.1, 0.15) is 51.1 Å². The number of para-hydroxylation sites is 1. The molecule has 2 aromatic rings. The van der Waals surface area contributed by atoms with Crippen molar-refractivity contribution in [1.82, 2.24) is 10.2 Å². The summed E-state index contributed by atoms with van der Waals surface area (Å²) in [7, 11) is 0. The molecule has 27 heavy (non-hydrogen) atoms. The molecule has 3 rings (SSSR count). The molecule has 0 radical (unpaired) electrons. The molecule has 0 saturated carbocycles. The van der Waals surface area contributed by atoms with Crippen molar-refractivity contribution in [1.29, 1.82) is 0 Å². The standard InChI is InChI=1S/C23H31ClN2O/c1-3-23(25-19(2)20-11-13-21(24)14-12-20)15-7-8-16-26(23)17-18-27-22-9-5-4-6-10-22/h4-6,9-14,19,25H,3,7-8,15-18H2,1-2H3. The van der Waals surface area contributed by atoms with Crippen molar-refractivity contribution in [2.75, 3.05) is 19.7 Å². The molecule has 146 valence electrons. The molecular formula is C23H31ClN2O. The molecule has 1 aliphatic rings. The summed E-state index contributed by atoms with van der Waals surface area (Å²) in [6, 6.07) is 18.5. The van der Waals surface area contributed by atoms with E-state index in [1.807, 2.05) is 42.5 Å². The van der Waals surface area contributed by atoms with Gasteiger partial charge in [0.1, 0.15) is 12.4 Å². The number of ether oxygens (including phenoxy) is 1. The molecule has 0 spiro atoms. The van der Waals surface area contributed by atoms with Gasteiger partial charge in [-0.15, -0.1) is 0 Å². The smallest absolute Gasteiger partial charge is 0.119 e. The number of hydrogen-bond acceptors (Lipinski definition) is 3. The summed E-state index contributed by atoms with van der Waals surface area (Å²) in [5, 5.41) is 4.73. The lowest BCUT2D eigenvalue weighted by Crippen LogP contribution is -2.62. The topological polar surface area (TPSA) is 24.5 Å². The number of benzene rings is 2. The Labute approximate surface area is 168 Å². The van der Waals surface area contributed by atoms with E-state index < -0.39 is 0 Å². The van der Waals surface area contributed by atoms with Crippen molar-refractivity contribution >= 4 is 11.6 Å². The molecule has 3 nitrogen and oxygen atoms in total. The van der Waals surface area contributed by atoms with Crippen molar-refractivity contribution in [2.24, 2.45) is 0 Å². The second kappa shape index (κ2) is 9.59. The fourth-order valence-electron chi connectivity index (χ4n) is 4.11. The van der Waals surface area contributed by atoms with Gasteiger partial charge in [-0.05, 0) is 62.4 Å². The van der Waals surface area contributed by atoms with Gasteiger partial charge >= 0.3 is 0 Å². The van der Waals surface area contributed by atoms with Gasteiger partial charge in [0, 0.05) is 24.2 Å². The number of hydrogen-bond donors (Lipinski definition) is 1. The number of nitrogens with zero attached hydrogens (tertiary/aromatic N) is 1. The van der Waals surface area contributed by atoms with Crippen LogP contribution in [0, 0.1) is 0 Å². The van der Waals surface area contributed by atoms with Crippen LogP contribution in [0.15, 0.2) is 54.6 Å². The molecule has 1 saturated heterocycles. The highest BCUT2D eigenvalue weighted by molar-refractivity contribution is 6.30. The van der Waals surface area contributed by atoms with E-state index in [-0.39, 0.29) is 11.7 Å². The third-order valence-electron chi connectivity index (χ3n) is 5.69. The van der Waals surface area contributed by atoms with E-state index in [0.29, 0.717) is 6.61 Å². The van der Waals surface area contributed by atoms with Gasteiger partial charge in [-0.25, -0.2) is 0 Å². The lowest BCUT2D eigenvalue weighted by atomic mass is 9.90. The number of piperidine rings is 1. The Kier molecular flexibility index (Phi) is 7.17. The van der Waals surface area contributed by atoms with Gasteiger partial charge in [0.05, 0.1) is 5.66 Å². The van der Waals surface area contributed by atoms with Crippen LogP contribution in [-0.4, -0.2) is 30.3 Å². The fraction of sp³-hybridized carbons (Fsp3) is 0.478. The van der Waals surface area contributed by atoms with Crippen molar-refractivity contribution in [3.05, 3.63) is 65.2 Å². The first-order chi connectivity index (χ1) is 13.1. The summed E-state index contributed by atoms with van der Waals surface area (Å²) in [6.45, 7) is 7.30. The number of nitrogens with one attached hydrogen (secondary N) is 1. The Morgan fingerprint density at radius 1 is 1.11 bits per heavy atom. The second-order valence-electron chi connectivity index (χ2n) is 7.41. The third-order valence-corrected chi connectivity index (χ3v) is 5.94. The SMILES string of the molecule is CCC1(NC(C)c2ccc(Cl)cc2)CCCCN1CCOc1ccccc1. The lowest BCUT2D eigenvalue weighted by molar-refractivity contribution is -0.00334. The van der Waals surface area contributed by atoms with Crippen LogP contribution >= 0.6 is 11.6 Å². The Morgan fingerprint density at radius 3 is 2.56 bits per heavy atom. The molecule has 0 aliphatic carbocycles. The molecule has 1 aliphatic heterocycles. The largest absolute Gasteiger partial charge is 0.492 e. The minimum Gasteiger partial charge on any atom is -0.492 e. The maximum Gasteiger partial charge on any atom is 0.119 e. The number of halogens is 1. The molecule has 2 atom stereocenters. The van der Waals surface area contributed by atoms with E-state index >= 15 is 0 Å². The average Bonchev–Trinajstić information content (AvgIpc) is 2.70. The Hall–Kier alpha value is -1.55. The molecule has 1 heterocycles. The van der Waals surface area contributed by atoms with Crippen molar-refractivity contribution in [2.45, 2.75) is 51.2 Å². The highest BCUT2D eigenvalue weighted by atomic mass is 35.5. The number of rotatable bonds is 8. The molecule has 2 aromatic carbocycles. The predicted octanol–water partition coefficient (Wildman–Crippen LogP) is 5.66. The Balaban J connectivity index is 1.65. The van der Waals surface area contributed by atoms with Crippen LogP contribution in [0.2, 0.25) is 5.02 Å². The predicted molar refractivity (Wildman–Crippen MR) is 113 cm³/mol. The molecule has 1 N–H and O–H groups in total. The van der Waals surface area contributed by atoms with Crippen LogP contribution < -0.4 is 10.1 Å². The zero-order valence-corrected chi connectivity index (χ0v) is 17.2. The van der Waals surface area contributed by atoms with Crippen LogP contribution in [-0.2, 0) is 0 Å². The summed E-state index contributed by atoms with van der Waals surface area (Å²) in [5.41, 5.74) is 1.30. The van der Waals surface area contributed by atoms with E-state index in [1.165, 1.54) is 24.8 Å². The van der Waals surface area contributed by atoms with E-state index in [2.05, 4.69) is 36.2 Å². The Bertz CT molecular complexity index is 691. The summed E-state index contributed by atoms with van der Waals surface area (Å²) >= 11 is 6.05. The minimum absolute atomic E-state index is 0.0251. The van der Waals surface area contributed by atoms with Crippen LogP contribution in [0.25, 0.3) is 0 Å². The van der Waals surface area contributed by atoms with Gasteiger partial charge in [0.25, 0.3) is 0 Å². The van der Waals surface area contributed by atoms with Gasteiger partial charge in [-0.1, -0.05) is 48.9 Å². The first kappa shape index (κ1) is 20.2. The first-order valence-electron chi connectivity index (χ1n) is 10.1. The quantitative estimate of drug-likeness (QED) is 0.633. The van der Waals surface area contributed by atoms with Gasteiger partial charge in [0.15, 0.2) is 0 Å². The van der Waals surface area contributed by atoms with E-state index in [4.69, 9.17) is 16.3 Å². The van der Waals surface area contributed by atoms with Gasteiger partial charge in [-0.3, -0.25) is 10.2 Å². The Morgan fingerprint density at radius 2 is 1.85 bits per heavy atom. The van der Waals surface area contributed by atoms with Gasteiger partial charge < -0.3 is 4.74 Å². The van der Waals surface area contributed by atoms with Crippen molar-refractivity contribution in [3.8, 4) is 5.75 Å². The maximum atomic E-state index is 6.05. The molecule has 1 fully saturated rings. The zero-order valence-electron chi connectivity index (χ0n) is 16.5. The summed E-state index contributed by atoms with van der Waals surface area (Å²) < 4.78 is 5.97. The highest BCUT2D eigenvalue weighted by Crippen LogP contribution is 2.32. The molecule has 0 aromatic heterocycles.